The molecule has 3 aromatic rings. The van der Waals surface area contributed by atoms with Gasteiger partial charge in [-0.3, -0.25) is 14.2 Å². The van der Waals surface area contributed by atoms with Gasteiger partial charge in [0.05, 0.1) is 23.0 Å². The summed E-state index contributed by atoms with van der Waals surface area (Å²) in [5.41, 5.74) is 3.93. The maximum absolute atomic E-state index is 12.8. The van der Waals surface area contributed by atoms with Crippen LogP contribution in [0.3, 0.4) is 0 Å². The van der Waals surface area contributed by atoms with Crippen molar-refractivity contribution in [1.82, 2.24) is 19.6 Å². The van der Waals surface area contributed by atoms with E-state index in [4.69, 9.17) is 11.6 Å². The molecule has 2 heterocycles. The zero-order valence-corrected chi connectivity index (χ0v) is 16.8. The normalized spacial score (nSPS) is 12.2. The second-order valence-electron chi connectivity index (χ2n) is 6.67. The lowest BCUT2D eigenvalue weighted by molar-refractivity contribution is -0.119. The number of nitrogens with zero attached hydrogens (tertiary/aromatic N) is 4. The zero-order valence-electron chi connectivity index (χ0n) is 16.0. The van der Waals surface area contributed by atoms with Crippen molar-refractivity contribution < 1.29 is 4.79 Å². The number of hydrogen-bond donors (Lipinski definition) is 1. The molecule has 0 aliphatic rings. The van der Waals surface area contributed by atoms with Crippen molar-refractivity contribution in [3.05, 3.63) is 64.1 Å². The quantitative estimate of drug-likeness (QED) is 0.688. The Balaban J connectivity index is 1.73. The highest BCUT2D eigenvalue weighted by molar-refractivity contribution is 6.31. The Morgan fingerprint density at radius 3 is 2.56 bits per heavy atom. The van der Waals surface area contributed by atoms with E-state index in [1.165, 1.54) is 11.1 Å². The number of rotatable bonds is 6. The molecule has 2 aromatic heterocycles. The van der Waals surface area contributed by atoms with Crippen molar-refractivity contribution in [1.29, 1.82) is 0 Å². The molecular formula is C20H24ClN5O. The maximum atomic E-state index is 12.8. The molecule has 1 aromatic carbocycles. The fourth-order valence-electron chi connectivity index (χ4n) is 3.10. The number of amides is 1. The van der Waals surface area contributed by atoms with Crippen molar-refractivity contribution in [2.45, 2.75) is 46.7 Å². The van der Waals surface area contributed by atoms with Gasteiger partial charge < -0.3 is 5.32 Å². The van der Waals surface area contributed by atoms with Gasteiger partial charge in [-0.25, -0.2) is 0 Å². The van der Waals surface area contributed by atoms with Crippen LogP contribution in [0.4, 0.5) is 5.82 Å². The molecule has 0 saturated carbocycles. The van der Waals surface area contributed by atoms with E-state index in [0.29, 0.717) is 23.8 Å². The Labute approximate surface area is 164 Å². The highest BCUT2D eigenvalue weighted by Crippen LogP contribution is 2.24. The number of nitrogens with one attached hydrogen (secondary N) is 1. The molecule has 0 aliphatic carbocycles. The van der Waals surface area contributed by atoms with Crippen LogP contribution in [-0.2, 0) is 11.3 Å². The Hall–Kier alpha value is -2.60. The molecule has 0 bridgehead atoms. The van der Waals surface area contributed by atoms with Crippen LogP contribution >= 0.6 is 11.6 Å². The summed E-state index contributed by atoms with van der Waals surface area (Å²) in [6.45, 7) is 8.39. The van der Waals surface area contributed by atoms with Gasteiger partial charge in [0.1, 0.15) is 6.04 Å². The van der Waals surface area contributed by atoms with Crippen LogP contribution in [0.2, 0.25) is 5.02 Å². The number of anilines is 1. The van der Waals surface area contributed by atoms with E-state index < -0.39 is 6.04 Å². The predicted octanol–water partition coefficient (Wildman–Crippen LogP) is 4.30. The first kappa shape index (κ1) is 19.2. The van der Waals surface area contributed by atoms with E-state index in [-0.39, 0.29) is 5.91 Å². The van der Waals surface area contributed by atoms with Crippen molar-refractivity contribution in [3.63, 3.8) is 0 Å². The minimum Gasteiger partial charge on any atom is -0.307 e. The van der Waals surface area contributed by atoms with Crippen molar-refractivity contribution >= 4 is 23.3 Å². The van der Waals surface area contributed by atoms with E-state index in [1.807, 2.05) is 43.8 Å². The van der Waals surface area contributed by atoms with E-state index in [1.54, 1.807) is 10.7 Å². The van der Waals surface area contributed by atoms with E-state index >= 15 is 0 Å². The van der Waals surface area contributed by atoms with Crippen LogP contribution < -0.4 is 5.32 Å². The van der Waals surface area contributed by atoms with Crippen molar-refractivity contribution in [3.8, 4) is 0 Å². The number of carbonyl (C=O) groups excluding carboxylic acids is 1. The monoisotopic (exact) mass is 385 g/mol. The summed E-state index contributed by atoms with van der Waals surface area (Å²) in [6, 6.07) is 9.56. The van der Waals surface area contributed by atoms with E-state index in [2.05, 4.69) is 34.6 Å². The smallest absolute Gasteiger partial charge is 0.250 e. The number of benzene rings is 1. The van der Waals surface area contributed by atoms with E-state index in [0.717, 1.165) is 11.4 Å². The summed E-state index contributed by atoms with van der Waals surface area (Å²) in [6.07, 6.45) is 2.47. The molecule has 7 heteroatoms. The lowest BCUT2D eigenvalue weighted by Gasteiger charge is -2.16. The Morgan fingerprint density at radius 1 is 1.19 bits per heavy atom. The topological polar surface area (TPSA) is 64.7 Å². The number of aromatic nitrogens is 4. The first-order valence-electron chi connectivity index (χ1n) is 9.00. The number of halogens is 1. The van der Waals surface area contributed by atoms with Gasteiger partial charge in [-0.1, -0.05) is 42.8 Å². The van der Waals surface area contributed by atoms with Crippen LogP contribution in [-0.4, -0.2) is 25.5 Å². The molecule has 1 unspecified atom stereocenters. The molecule has 27 heavy (non-hydrogen) atoms. The van der Waals surface area contributed by atoms with Crippen molar-refractivity contribution in [2.75, 3.05) is 5.32 Å². The Bertz CT molecular complexity index is 959. The standard InChI is InChI=1S/C20H24ClN5O/c1-5-17(26-15(4)19(21)14(3)23-26)20(27)22-18-10-11-25(24-18)12-16-9-7-6-8-13(16)2/h6-11,17H,5,12H2,1-4H3,(H,22,24,27). The molecule has 0 spiro atoms. The molecule has 0 aliphatic heterocycles. The summed E-state index contributed by atoms with van der Waals surface area (Å²) < 4.78 is 3.51. The molecule has 0 saturated heterocycles. The molecule has 0 fully saturated rings. The van der Waals surface area contributed by atoms with Gasteiger partial charge in [0.15, 0.2) is 5.82 Å². The van der Waals surface area contributed by atoms with Gasteiger partial charge in [-0.2, -0.15) is 10.2 Å². The first-order valence-corrected chi connectivity index (χ1v) is 9.38. The minimum absolute atomic E-state index is 0.152. The SMILES string of the molecule is CCC(C(=O)Nc1ccn(Cc2ccccc2C)n1)n1nc(C)c(Cl)c1C. The van der Waals surface area contributed by atoms with Crippen LogP contribution in [0.5, 0.6) is 0 Å². The molecule has 3 rings (SSSR count). The summed E-state index contributed by atoms with van der Waals surface area (Å²) in [5.74, 6) is 0.376. The zero-order chi connectivity index (χ0) is 19.6. The summed E-state index contributed by atoms with van der Waals surface area (Å²) in [5, 5.41) is 12.4. The second-order valence-corrected chi connectivity index (χ2v) is 7.05. The molecule has 6 nitrogen and oxygen atoms in total. The molecule has 0 radical (unpaired) electrons. The third-order valence-corrected chi connectivity index (χ3v) is 5.25. The van der Waals surface area contributed by atoms with Gasteiger partial charge in [0, 0.05) is 12.3 Å². The fourth-order valence-corrected chi connectivity index (χ4v) is 3.23. The molecule has 1 amide bonds. The van der Waals surface area contributed by atoms with Crippen molar-refractivity contribution in [2.24, 2.45) is 0 Å². The largest absolute Gasteiger partial charge is 0.307 e. The van der Waals surface area contributed by atoms with Crippen LogP contribution in [0.1, 0.15) is 41.9 Å². The summed E-state index contributed by atoms with van der Waals surface area (Å²) in [4.78, 5) is 12.8. The third kappa shape index (κ3) is 4.06. The molecule has 142 valence electrons. The predicted molar refractivity (Wildman–Crippen MR) is 107 cm³/mol. The highest BCUT2D eigenvalue weighted by atomic mass is 35.5. The van der Waals surface area contributed by atoms with E-state index in [9.17, 15) is 4.79 Å². The number of carbonyl (C=O) groups is 1. The third-order valence-electron chi connectivity index (χ3n) is 4.71. The van der Waals surface area contributed by atoms with Gasteiger partial charge in [0.25, 0.3) is 0 Å². The van der Waals surface area contributed by atoms with Gasteiger partial charge in [0.2, 0.25) is 5.91 Å². The summed E-state index contributed by atoms with van der Waals surface area (Å²) >= 11 is 6.23. The van der Waals surface area contributed by atoms with Crippen LogP contribution in [0.25, 0.3) is 0 Å². The highest BCUT2D eigenvalue weighted by Gasteiger charge is 2.24. The van der Waals surface area contributed by atoms with Gasteiger partial charge in [-0.05, 0) is 38.3 Å². The fraction of sp³-hybridized carbons (Fsp3) is 0.350. The average molecular weight is 386 g/mol. The lowest BCUT2D eigenvalue weighted by Crippen LogP contribution is -2.27. The molecular weight excluding hydrogens is 362 g/mol. The van der Waals surface area contributed by atoms with Gasteiger partial charge >= 0.3 is 0 Å². The van der Waals surface area contributed by atoms with Crippen LogP contribution in [0, 0.1) is 20.8 Å². The first-order chi connectivity index (χ1) is 12.9. The molecule has 1 atom stereocenters. The van der Waals surface area contributed by atoms with Crippen LogP contribution in [0.15, 0.2) is 36.5 Å². The average Bonchev–Trinajstić information content (AvgIpc) is 3.18. The number of aryl methyl sites for hydroxylation is 2. The molecule has 1 N–H and O–H groups in total. The maximum Gasteiger partial charge on any atom is 0.250 e. The Morgan fingerprint density at radius 2 is 1.93 bits per heavy atom. The second kappa shape index (κ2) is 7.96. The Kier molecular flexibility index (Phi) is 5.65. The lowest BCUT2D eigenvalue weighted by atomic mass is 10.1. The van der Waals surface area contributed by atoms with Gasteiger partial charge in [-0.15, -0.1) is 0 Å². The number of hydrogen-bond acceptors (Lipinski definition) is 3. The minimum atomic E-state index is -0.433. The summed E-state index contributed by atoms with van der Waals surface area (Å²) in [7, 11) is 0.